The molecule has 10 nitrogen and oxygen atoms in total. The molecule has 2 fully saturated rings. The van der Waals surface area contributed by atoms with Crippen molar-refractivity contribution in [3.63, 3.8) is 0 Å². The van der Waals surface area contributed by atoms with Gasteiger partial charge in [-0.1, -0.05) is 0 Å². The molecule has 2 aliphatic rings. The van der Waals surface area contributed by atoms with Crippen LogP contribution in [0.15, 0.2) is 0 Å². The number of carboxylic acids is 1. The molecule has 2 heterocycles. The van der Waals surface area contributed by atoms with Crippen LogP contribution in [-0.2, 0) is 29.1 Å². The quantitative estimate of drug-likeness (QED) is 0.588. The maximum atomic E-state index is 11.9. The van der Waals surface area contributed by atoms with Crippen molar-refractivity contribution in [2.24, 2.45) is 0 Å². The Labute approximate surface area is 167 Å². The Hall–Kier alpha value is -1.48. The number of halogens is 3. The number of rotatable bonds is 3. The molecule has 0 aromatic heterocycles. The molecule has 0 radical (unpaired) electrons. The lowest BCUT2D eigenvalue weighted by atomic mass is 10.0. The Morgan fingerprint density at radius 2 is 1.76 bits per heavy atom. The molecular weight excluding hydrogens is 423 g/mol. The number of likely N-dealkylation sites (N-methyl/N-ethyl adjacent to an activating group) is 1. The normalized spacial score (nSPS) is 24.3. The summed E-state index contributed by atoms with van der Waals surface area (Å²) < 4.78 is 68.3. The molecule has 14 heteroatoms. The molecule has 0 aromatic rings. The van der Waals surface area contributed by atoms with Crippen LogP contribution in [0.5, 0.6) is 0 Å². The van der Waals surface area contributed by atoms with E-state index in [4.69, 9.17) is 19.4 Å². The fraction of sp³-hybridized carbons (Fsp3) is 0.867. The molecule has 1 spiro atoms. The van der Waals surface area contributed by atoms with Gasteiger partial charge in [-0.15, -0.1) is 0 Å². The maximum Gasteiger partial charge on any atom is 0.490 e. The van der Waals surface area contributed by atoms with Crippen LogP contribution >= 0.6 is 0 Å². The summed E-state index contributed by atoms with van der Waals surface area (Å²) in [4.78, 5) is 24.3. The molecule has 1 unspecified atom stereocenters. The number of ether oxygens (including phenoxy) is 2. The highest BCUT2D eigenvalue weighted by Crippen LogP contribution is 2.24. The highest BCUT2D eigenvalue weighted by Gasteiger charge is 2.42. The van der Waals surface area contributed by atoms with E-state index in [0.717, 1.165) is 0 Å². The molecule has 1 N–H and O–H groups in total. The van der Waals surface area contributed by atoms with Crippen molar-refractivity contribution in [2.75, 3.05) is 72.9 Å². The number of hydrogen-bond donors (Lipinski definition) is 1. The third-order valence-electron chi connectivity index (χ3n) is 4.21. The molecule has 2 aliphatic heterocycles. The monoisotopic (exact) mass is 449 g/mol. The summed E-state index contributed by atoms with van der Waals surface area (Å²) >= 11 is 0. The lowest BCUT2D eigenvalue weighted by Gasteiger charge is -2.42. The molecule has 29 heavy (non-hydrogen) atoms. The smallest absolute Gasteiger partial charge is 0.475 e. The minimum Gasteiger partial charge on any atom is -0.475 e. The van der Waals surface area contributed by atoms with Crippen molar-refractivity contribution in [1.82, 2.24) is 14.1 Å². The van der Waals surface area contributed by atoms with Crippen molar-refractivity contribution < 1.29 is 45.8 Å². The molecule has 0 bridgehead atoms. The fourth-order valence-electron chi connectivity index (χ4n) is 2.73. The van der Waals surface area contributed by atoms with E-state index in [-0.39, 0.29) is 19.0 Å². The van der Waals surface area contributed by atoms with E-state index in [1.807, 2.05) is 4.90 Å². The van der Waals surface area contributed by atoms with E-state index in [9.17, 15) is 26.4 Å². The summed E-state index contributed by atoms with van der Waals surface area (Å²) in [7, 11) is 0.171. The lowest BCUT2D eigenvalue weighted by Crippen LogP contribution is -2.60. The second-order valence-electron chi connectivity index (χ2n) is 6.98. The molecule has 0 aliphatic carbocycles. The van der Waals surface area contributed by atoms with Crippen molar-refractivity contribution in [3.05, 3.63) is 0 Å². The van der Waals surface area contributed by atoms with Crippen LogP contribution in [-0.4, -0.2) is 124 Å². The van der Waals surface area contributed by atoms with Crippen LogP contribution in [0.25, 0.3) is 0 Å². The maximum absolute atomic E-state index is 11.9. The van der Waals surface area contributed by atoms with Gasteiger partial charge in [0, 0.05) is 40.3 Å². The number of morpholine rings is 1. The van der Waals surface area contributed by atoms with E-state index in [1.54, 1.807) is 19.0 Å². The first kappa shape index (κ1) is 25.6. The van der Waals surface area contributed by atoms with Gasteiger partial charge in [0.25, 0.3) is 0 Å². The predicted molar refractivity (Wildman–Crippen MR) is 94.7 cm³/mol. The van der Waals surface area contributed by atoms with Crippen molar-refractivity contribution in [2.45, 2.75) is 11.8 Å². The number of aliphatic carboxylic acids is 1. The highest BCUT2D eigenvalue weighted by atomic mass is 32.2. The summed E-state index contributed by atoms with van der Waals surface area (Å²) in [6.07, 6.45) is -3.88. The Balaban J connectivity index is 0.000000516. The summed E-state index contributed by atoms with van der Waals surface area (Å²) in [5.41, 5.74) is -0.704. The first-order valence-electron chi connectivity index (χ1n) is 8.56. The summed E-state index contributed by atoms with van der Waals surface area (Å²) in [6, 6.07) is 0. The Kier molecular flexibility index (Phi) is 8.83. The van der Waals surface area contributed by atoms with Gasteiger partial charge < -0.3 is 19.5 Å². The van der Waals surface area contributed by atoms with Gasteiger partial charge in [-0.3, -0.25) is 9.69 Å². The van der Waals surface area contributed by atoms with Crippen molar-refractivity contribution in [1.29, 1.82) is 0 Å². The van der Waals surface area contributed by atoms with E-state index < -0.39 is 27.8 Å². The summed E-state index contributed by atoms with van der Waals surface area (Å²) in [5, 5.41) is 7.12. The molecule has 170 valence electrons. The van der Waals surface area contributed by atoms with Crippen molar-refractivity contribution in [3.8, 4) is 0 Å². The number of carboxylic acid groups (broad SMARTS) is 1. The minimum atomic E-state index is -5.08. The summed E-state index contributed by atoms with van der Waals surface area (Å²) in [6.45, 7) is 3.19. The molecule has 0 aromatic carbocycles. The van der Waals surface area contributed by atoms with E-state index in [0.29, 0.717) is 39.5 Å². The van der Waals surface area contributed by atoms with Gasteiger partial charge in [-0.05, 0) is 0 Å². The SMILES string of the molecule is CN(C)C(=O)CN1CCOCC2(C1)CN(S(C)(=O)=O)CCO2.O=C(O)C(F)(F)F. The fourth-order valence-corrected chi connectivity index (χ4v) is 3.60. The molecule has 0 saturated carbocycles. The molecule has 2 saturated heterocycles. The van der Waals surface area contributed by atoms with Gasteiger partial charge in [-0.2, -0.15) is 17.5 Å². The largest absolute Gasteiger partial charge is 0.490 e. The third-order valence-corrected chi connectivity index (χ3v) is 5.46. The second-order valence-corrected chi connectivity index (χ2v) is 8.96. The van der Waals surface area contributed by atoms with Crippen LogP contribution in [0, 0.1) is 0 Å². The Morgan fingerprint density at radius 3 is 2.24 bits per heavy atom. The van der Waals surface area contributed by atoms with E-state index in [2.05, 4.69) is 0 Å². The third kappa shape index (κ3) is 8.42. The highest BCUT2D eigenvalue weighted by molar-refractivity contribution is 7.88. The Morgan fingerprint density at radius 1 is 1.17 bits per heavy atom. The van der Waals surface area contributed by atoms with Crippen LogP contribution in [0.4, 0.5) is 13.2 Å². The van der Waals surface area contributed by atoms with Gasteiger partial charge in [0.2, 0.25) is 15.9 Å². The number of sulfonamides is 1. The van der Waals surface area contributed by atoms with Gasteiger partial charge in [0.05, 0.1) is 32.6 Å². The minimum absolute atomic E-state index is 0.00725. The van der Waals surface area contributed by atoms with Crippen LogP contribution in [0.2, 0.25) is 0 Å². The number of amides is 1. The van der Waals surface area contributed by atoms with Crippen molar-refractivity contribution >= 4 is 21.9 Å². The van der Waals surface area contributed by atoms with Gasteiger partial charge >= 0.3 is 12.1 Å². The molecule has 1 amide bonds. The molecular formula is C15H26F3N3O7S. The van der Waals surface area contributed by atoms with Gasteiger partial charge in [-0.25, -0.2) is 13.2 Å². The number of carbonyl (C=O) groups excluding carboxylic acids is 1. The number of hydrogen-bond acceptors (Lipinski definition) is 7. The van der Waals surface area contributed by atoms with Crippen LogP contribution in [0.3, 0.4) is 0 Å². The number of nitrogens with zero attached hydrogens (tertiary/aromatic N) is 3. The topological polar surface area (TPSA) is 117 Å². The number of carbonyl (C=O) groups is 2. The zero-order valence-electron chi connectivity index (χ0n) is 16.4. The second kappa shape index (κ2) is 10.0. The average Bonchev–Trinajstić information content (AvgIpc) is 2.76. The lowest BCUT2D eigenvalue weighted by molar-refractivity contribution is -0.192. The number of alkyl halides is 3. The van der Waals surface area contributed by atoms with Gasteiger partial charge in [0.1, 0.15) is 5.60 Å². The Bertz CT molecular complexity index is 687. The first-order chi connectivity index (χ1) is 13.2. The summed E-state index contributed by atoms with van der Waals surface area (Å²) in [5.74, 6) is -2.75. The zero-order chi connectivity index (χ0) is 22.5. The molecule has 1 atom stereocenters. The standard InChI is InChI=1S/C13H25N3O5S.C2HF3O2/c1-14(2)12(17)8-15-4-6-20-11-13(9-15)10-16(5-7-21-13)22(3,18)19;3-2(4,5)1(6)7/h4-11H2,1-3H3;(H,6,7). The average molecular weight is 449 g/mol. The van der Waals surface area contributed by atoms with Crippen LogP contribution in [0.1, 0.15) is 0 Å². The first-order valence-corrected chi connectivity index (χ1v) is 10.4. The molecule has 2 rings (SSSR count). The van der Waals surface area contributed by atoms with E-state index in [1.165, 1.54) is 10.6 Å². The van der Waals surface area contributed by atoms with E-state index >= 15 is 0 Å². The zero-order valence-corrected chi connectivity index (χ0v) is 17.3. The predicted octanol–water partition coefficient (Wildman–Crippen LogP) is -0.929. The van der Waals surface area contributed by atoms with Gasteiger partial charge in [0.15, 0.2) is 0 Å². The van der Waals surface area contributed by atoms with Crippen LogP contribution < -0.4 is 0 Å².